The van der Waals surface area contributed by atoms with E-state index >= 15 is 0 Å². The maximum Gasteiger partial charge on any atom is 0.252 e. The molecule has 0 aliphatic rings. The van der Waals surface area contributed by atoms with Gasteiger partial charge in [-0.3, -0.25) is 9.59 Å². The summed E-state index contributed by atoms with van der Waals surface area (Å²) in [5.41, 5.74) is 2.61. The zero-order chi connectivity index (χ0) is 18.5. The van der Waals surface area contributed by atoms with E-state index in [1.807, 2.05) is 53.1 Å². The van der Waals surface area contributed by atoms with Crippen LogP contribution >= 0.6 is 11.3 Å². The Balaban J connectivity index is 2.00. The molecule has 1 aromatic heterocycles. The summed E-state index contributed by atoms with van der Waals surface area (Å²) < 4.78 is 2.90. The van der Waals surface area contributed by atoms with Gasteiger partial charge < -0.3 is 9.88 Å². The van der Waals surface area contributed by atoms with Gasteiger partial charge in [-0.1, -0.05) is 47.7 Å². The fraction of sp³-hybridized carbons (Fsp3) is 0.150. The van der Waals surface area contributed by atoms with Crippen molar-refractivity contribution in [2.45, 2.75) is 19.9 Å². The van der Waals surface area contributed by atoms with Gasteiger partial charge >= 0.3 is 0 Å². The number of aromatic nitrogens is 1. The standard InChI is InChI=1S/C20H19N3O2S/c1-3-11-23-17-10-9-16(21-14(2)24)13-18(17)26-20(23)22-19(25)12-15-7-5-4-6-8-15/h3-10,13H,1,11-12H2,2H3,(H,21,24). The number of hydrogen-bond donors (Lipinski definition) is 1. The molecule has 0 unspecified atom stereocenters. The molecule has 0 spiro atoms. The Bertz CT molecular complexity index is 1030. The predicted octanol–water partition coefficient (Wildman–Crippen LogP) is 3.52. The van der Waals surface area contributed by atoms with E-state index in [1.165, 1.54) is 18.3 Å². The maximum atomic E-state index is 12.4. The van der Waals surface area contributed by atoms with Crippen LogP contribution in [0.3, 0.4) is 0 Å². The van der Waals surface area contributed by atoms with Crippen LogP contribution in [-0.4, -0.2) is 16.4 Å². The van der Waals surface area contributed by atoms with Gasteiger partial charge in [0.05, 0.1) is 16.6 Å². The number of fused-ring (bicyclic) bond motifs is 1. The van der Waals surface area contributed by atoms with E-state index in [0.29, 0.717) is 11.3 Å². The van der Waals surface area contributed by atoms with Crippen molar-refractivity contribution in [2.75, 3.05) is 5.32 Å². The van der Waals surface area contributed by atoms with Gasteiger partial charge in [-0.25, -0.2) is 0 Å². The molecular formula is C20H19N3O2S. The van der Waals surface area contributed by atoms with Gasteiger partial charge in [-0.2, -0.15) is 4.99 Å². The van der Waals surface area contributed by atoms with Gasteiger partial charge in [0, 0.05) is 19.2 Å². The highest BCUT2D eigenvalue weighted by molar-refractivity contribution is 7.16. The average molecular weight is 365 g/mol. The van der Waals surface area contributed by atoms with Gasteiger partial charge in [0.15, 0.2) is 4.80 Å². The predicted molar refractivity (Wildman–Crippen MR) is 105 cm³/mol. The molecule has 1 N–H and O–H groups in total. The monoisotopic (exact) mass is 365 g/mol. The lowest BCUT2D eigenvalue weighted by molar-refractivity contribution is -0.117. The van der Waals surface area contributed by atoms with E-state index < -0.39 is 0 Å². The smallest absolute Gasteiger partial charge is 0.252 e. The zero-order valence-electron chi connectivity index (χ0n) is 14.4. The molecule has 0 atom stereocenters. The Morgan fingerprint density at radius 3 is 2.69 bits per heavy atom. The zero-order valence-corrected chi connectivity index (χ0v) is 15.3. The minimum atomic E-state index is -0.192. The number of hydrogen-bond acceptors (Lipinski definition) is 3. The summed E-state index contributed by atoms with van der Waals surface area (Å²) >= 11 is 1.42. The van der Waals surface area contributed by atoms with Crippen LogP contribution in [0.2, 0.25) is 0 Å². The van der Waals surface area contributed by atoms with Crippen molar-refractivity contribution < 1.29 is 9.59 Å². The second-order valence-electron chi connectivity index (χ2n) is 5.82. The lowest BCUT2D eigenvalue weighted by atomic mass is 10.1. The number of rotatable bonds is 5. The number of amides is 2. The molecule has 3 aromatic rings. The van der Waals surface area contributed by atoms with Crippen LogP contribution in [0.15, 0.2) is 66.2 Å². The van der Waals surface area contributed by atoms with Crippen LogP contribution in [0, 0.1) is 0 Å². The molecule has 1 heterocycles. The van der Waals surface area contributed by atoms with Gasteiger partial charge in [0.2, 0.25) is 5.91 Å². The maximum absolute atomic E-state index is 12.4. The third kappa shape index (κ3) is 4.15. The molecule has 2 amide bonds. The molecule has 0 saturated heterocycles. The average Bonchev–Trinajstić information content (AvgIpc) is 2.92. The second kappa shape index (κ2) is 7.93. The normalized spacial score (nSPS) is 11.5. The summed E-state index contributed by atoms with van der Waals surface area (Å²) in [4.78, 5) is 28.6. The summed E-state index contributed by atoms with van der Waals surface area (Å²) in [5.74, 6) is -0.314. The highest BCUT2D eigenvalue weighted by atomic mass is 32.1. The first-order valence-electron chi connectivity index (χ1n) is 8.20. The summed E-state index contributed by atoms with van der Waals surface area (Å²) in [6, 6.07) is 15.2. The Kier molecular flexibility index (Phi) is 5.43. The van der Waals surface area contributed by atoms with Crippen molar-refractivity contribution in [2.24, 2.45) is 4.99 Å². The van der Waals surface area contributed by atoms with Gasteiger partial charge in [0.25, 0.3) is 5.91 Å². The van der Waals surface area contributed by atoms with Crippen LogP contribution in [-0.2, 0) is 22.6 Å². The lowest BCUT2D eigenvalue weighted by Gasteiger charge is -2.03. The van der Waals surface area contributed by atoms with E-state index in [4.69, 9.17) is 0 Å². The quantitative estimate of drug-likeness (QED) is 0.703. The number of carbonyl (C=O) groups is 2. The van der Waals surface area contributed by atoms with E-state index in [2.05, 4.69) is 16.9 Å². The molecule has 132 valence electrons. The summed E-state index contributed by atoms with van der Waals surface area (Å²) in [7, 11) is 0. The van der Waals surface area contributed by atoms with Crippen molar-refractivity contribution in [1.82, 2.24) is 4.57 Å². The third-order valence-electron chi connectivity index (χ3n) is 3.73. The molecule has 0 fully saturated rings. The topological polar surface area (TPSA) is 63.5 Å². The highest BCUT2D eigenvalue weighted by Gasteiger charge is 2.09. The highest BCUT2D eigenvalue weighted by Crippen LogP contribution is 2.22. The molecule has 5 nitrogen and oxygen atoms in total. The van der Waals surface area contributed by atoms with Crippen LogP contribution in [0.5, 0.6) is 0 Å². The summed E-state index contributed by atoms with van der Waals surface area (Å²) in [6.45, 7) is 5.81. The van der Waals surface area contributed by atoms with Crippen molar-refractivity contribution in [3.05, 3.63) is 71.6 Å². The summed E-state index contributed by atoms with van der Waals surface area (Å²) in [6.07, 6.45) is 2.04. The van der Waals surface area contributed by atoms with E-state index in [0.717, 1.165) is 21.5 Å². The van der Waals surface area contributed by atoms with Crippen molar-refractivity contribution in [1.29, 1.82) is 0 Å². The lowest BCUT2D eigenvalue weighted by Crippen LogP contribution is -2.16. The molecule has 2 aromatic carbocycles. The molecule has 3 rings (SSSR count). The second-order valence-corrected chi connectivity index (χ2v) is 6.82. The minimum absolute atomic E-state index is 0.122. The van der Waals surface area contributed by atoms with Gasteiger partial charge in [0.1, 0.15) is 0 Å². The van der Waals surface area contributed by atoms with E-state index in [9.17, 15) is 9.59 Å². The van der Waals surface area contributed by atoms with Crippen LogP contribution in [0.4, 0.5) is 5.69 Å². The van der Waals surface area contributed by atoms with Gasteiger partial charge in [-0.15, -0.1) is 6.58 Å². The number of benzene rings is 2. The number of anilines is 1. The fourth-order valence-corrected chi connectivity index (χ4v) is 3.76. The number of carbonyl (C=O) groups excluding carboxylic acids is 2. The Morgan fingerprint density at radius 1 is 1.23 bits per heavy atom. The van der Waals surface area contributed by atoms with Crippen molar-refractivity contribution in [3.63, 3.8) is 0 Å². The Labute approximate surface area is 155 Å². The molecule has 6 heteroatoms. The van der Waals surface area contributed by atoms with Crippen molar-refractivity contribution >= 4 is 39.1 Å². The van der Waals surface area contributed by atoms with E-state index in [1.54, 1.807) is 6.08 Å². The number of thiazole rings is 1. The number of nitrogens with one attached hydrogen (secondary N) is 1. The minimum Gasteiger partial charge on any atom is -0.326 e. The third-order valence-corrected chi connectivity index (χ3v) is 4.77. The molecule has 0 bridgehead atoms. The Morgan fingerprint density at radius 2 is 2.00 bits per heavy atom. The number of nitrogens with zero attached hydrogens (tertiary/aromatic N) is 2. The molecule has 0 radical (unpaired) electrons. The first-order chi connectivity index (χ1) is 12.6. The van der Waals surface area contributed by atoms with Crippen molar-refractivity contribution in [3.8, 4) is 0 Å². The molecular weight excluding hydrogens is 346 g/mol. The largest absolute Gasteiger partial charge is 0.326 e. The SMILES string of the molecule is C=CCn1c(=NC(=O)Cc2ccccc2)sc2cc(NC(C)=O)ccc21. The molecule has 0 aliphatic carbocycles. The first kappa shape index (κ1) is 17.8. The molecule has 0 saturated carbocycles. The molecule has 26 heavy (non-hydrogen) atoms. The number of allylic oxidation sites excluding steroid dienone is 1. The molecule has 0 aliphatic heterocycles. The van der Waals surface area contributed by atoms with Crippen LogP contribution in [0.1, 0.15) is 12.5 Å². The van der Waals surface area contributed by atoms with Gasteiger partial charge in [-0.05, 0) is 23.8 Å². The van der Waals surface area contributed by atoms with Crippen LogP contribution in [0.25, 0.3) is 10.2 Å². The first-order valence-corrected chi connectivity index (χ1v) is 9.02. The Hall–Kier alpha value is -2.99. The van der Waals surface area contributed by atoms with Crippen LogP contribution < -0.4 is 10.1 Å². The summed E-state index contributed by atoms with van der Waals surface area (Å²) in [5, 5.41) is 2.77. The fourth-order valence-electron chi connectivity index (χ4n) is 2.66. The van der Waals surface area contributed by atoms with E-state index in [-0.39, 0.29) is 18.2 Å².